The topological polar surface area (TPSA) is 66.5 Å². The summed E-state index contributed by atoms with van der Waals surface area (Å²) in [6.45, 7) is 4.10. The highest BCUT2D eigenvalue weighted by Gasteiger charge is 2.28. The van der Waals surface area contributed by atoms with E-state index in [1.807, 2.05) is 31.2 Å². The molecule has 1 N–H and O–H groups in total. The van der Waals surface area contributed by atoms with Crippen molar-refractivity contribution in [2.45, 2.75) is 39.2 Å². The van der Waals surface area contributed by atoms with Crippen LogP contribution in [0.4, 0.5) is 5.69 Å². The largest absolute Gasteiger partial charge is 0.350 e. The number of nitrogens with one attached hydrogen (secondary N) is 1. The number of sulfonamides is 1. The van der Waals surface area contributed by atoms with Gasteiger partial charge in [0, 0.05) is 18.2 Å². The van der Waals surface area contributed by atoms with Crippen molar-refractivity contribution in [2.75, 3.05) is 16.6 Å². The van der Waals surface area contributed by atoms with Crippen molar-refractivity contribution in [3.05, 3.63) is 65.2 Å². The van der Waals surface area contributed by atoms with Crippen LogP contribution in [0, 0.1) is 0 Å². The van der Waals surface area contributed by atoms with Gasteiger partial charge in [0.2, 0.25) is 10.0 Å². The Labute approximate surface area is 161 Å². The molecule has 0 radical (unpaired) electrons. The fourth-order valence-corrected chi connectivity index (χ4v) is 4.52. The van der Waals surface area contributed by atoms with Gasteiger partial charge in [-0.25, -0.2) is 8.42 Å². The van der Waals surface area contributed by atoms with Crippen LogP contribution in [0.1, 0.15) is 41.8 Å². The fourth-order valence-electron chi connectivity index (χ4n) is 3.36. The number of rotatable bonds is 7. The second-order valence-corrected chi connectivity index (χ2v) is 9.15. The molecule has 0 saturated heterocycles. The zero-order chi connectivity index (χ0) is 19.4. The number of carbonyl (C=O) groups excluding carboxylic acids is 1. The van der Waals surface area contributed by atoms with Crippen molar-refractivity contribution in [2.24, 2.45) is 0 Å². The molecule has 2 aromatic rings. The molecule has 3 rings (SSSR count). The van der Waals surface area contributed by atoms with E-state index < -0.39 is 10.0 Å². The monoisotopic (exact) mass is 386 g/mol. The number of nitrogens with zero attached hydrogens (tertiary/aromatic N) is 1. The van der Waals surface area contributed by atoms with Gasteiger partial charge in [-0.15, -0.1) is 0 Å². The Morgan fingerprint density at radius 2 is 1.93 bits per heavy atom. The van der Waals surface area contributed by atoms with Gasteiger partial charge in [0.15, 0.2) is 0 Å². The van der Waals surface area contributed by atoms with E-state index >= 15 is 0 Å². The van der Waals surface area contributed by atoms with E-state index in [9.17, 15) is 13.2 Å². The van der Waals surface area contributed by atoms with Gasteiger partial charge in [-0.05, 0) is 62.4 Å². The molecule has 6 heteroatoms. The van der Waals surface area contributed by atoms with Crippen LogP contribution in [0.5, 0.6) is 0 Å². The summed E-state index contributed by atoms with van der Waals surface area (Å²) in [6.07, 6.45) is 2.42. The zero-order valence-electron chi connectivity index (χ0n) is 15.8. The number of anilines is 1. The number of aryl methyl sites for hydroxylation is 1. The van der Waals surface area contributed by atoms with E-state index in [0.29, 0.717) is 24.2 Å². The molecule has 0 fully saturated rings. The lowest BCUT2D eigenvalue weighted by Gasteiger charge is -2.18. The van der Waals surface area contributed by atoms with Gasteiger partial charge in [-0.2, -0.15) is 0 Å². The molecule has 1 aliphatic rings. The van der Waals surface area contributed by atoms with Gasteiger partial charge in [0.1, 0.15) is 0 Å². The highest BCUT2D eigenvalue weighted by molar-refractivity contribution is 7.92. The van der Waals surface area contributed by atoms with Crippen molar-refractivity contribution in [3.8, 4) is 0 Å². The van der Waals surface area contributed by atoms with Crippen LogP contribution < -0.4 is 9.62 Å². The van der Waals surface area contributed by atoms with Crippen LogP contribution in [0.3, 0.4) is 0 Å². The van der Waals surface area contributed by atoms with Crippen molar-refractivity contribution < 1.29 is 13.2 Å². The van der Waals surface area contributed by atoms with E-state index in [1.165, 1.54) is 9.87 Å². The molecule has 0 spiro atoms. The third-order valence-corrected chi connectivity index (χ3v) is 6.76. The zero-order valence-corrected chi connectivity index (χ0v) is 16.6. The highest BCUT2D eigenvalue weighted by atomic mass is 32.2. The molecule has 0 aromatic heterocycles. The van der Waals surface area contributed by atoms with Crippen LogP contribution in [0.15, 0.2) is 48.5 Å². The third-order valence-electron chi connectivity index (χ3n) is 4.98. The summed E-state index contributed by atoms with van der Waals surface area (Å²) >= 11 is 0. The molecule has 0 saturated carbocycles. The Kier molecular flexibility index (Phi) is 5.85. The molecule has 144 valence electrons. The van der Waals surface area contributed by atoms with Crippen LogP contribution in [0.2, 0.25) is 0 Å². The molecule has 2 aromatic carbocycles. The second-order valence-electron chi connectivity index (χ2n) is 6.96. The first kappa shape index (κ1) is 19.4. The van der Waals surface area contributed by atoms with Crippen LogP contribution in [0.25, 0.3) is 0 Å². The quantitative estimate of drug-likeness (QED) is 0.795. The Hall–Kier alpha value is -2.34. The number of amides is 1. The molecule has 1 heterocycles. The van der Waals surface area contributed by atoms with E-state index in [0.717, 1.165) is 18.4 Å². The number of hydrogen-bond acceptors (Lipinski definition) is 3. The predicted molar refractivity (Wildman–Crippen MR) is 109 cm³/mol. The van der Waals surface area contributed by atoms with Crippen LogP contribution >= 0.6 is 0 Å². The molecule has 0 unspecified atom stereocenters. The van der Waals surface area contributed by atoms with Crippen LogP contribution in [-0.2, 0) is 22.9 Å². The van der Waals surface area contributed by atoms with Gasteiger partial charge in [-0.1, -0.05) is 30.3 Å². The summed E-state index contributed by atoms with van der Waals surface area (Å²) in [6, 6.07) is 15.5. The van der Waals surface area contributed by atoms with Crippen LogP contribution in [-0.4, -0.2) is 32.7 Å². The summed E-state index contributed by atoms with van der Waals surface area (Å²) in [5.41, 5.74) is 3.45. The lowest BCUT2D eigenvalue weighted by atomic mass is 10.0. The Balaban J connectivity index is 1.63. The first-order chi connectivity index (χ1) is 12.9. The SMILES string of the molecule is CCS(=O)(=O)N1CCc2cc(C(=O)N[C@H](C)CCc3ccccc3)ccc21. The average Bonchev–Trinajstić information content (AvgIpc) is 3.11. The van der Waals surface area contributed by atoms with Gasteiger partial charge >= 0.3 is 0 Å². The molecule has 0 aliphatic carbocycles. The summed E-state index contributed by atoms with van der Waals surface area (Å²) in [5, 5.41) is 3.04. The maximum atomic E-state index is 12.6. The first-order valence-electron chi connectivity index (χ1n) is 9.39. The summed E-state index contributed by atoms with van der Waals surface area (Å²) in [5.74, 6) is -0.0386. The Morgan fingerprint density at radius 1 is 1.19 bits per heavy atom. The molecule has 1 atom stereocenters. The minimum absolute atomic E-state index is 0.0583. The third kappa shape index (κ3) is 4.50. The minimum atomic E-state index is -3.26. The van der Waals surface area contributed by atoms with Crippen molar-refractivity contribution in [1.29, 1.82) is 0 Å². The smallest absolute Gasteiger partial charge is 0.251 e. The summed E-state index contributed by atoms with van der Waals surface area (Å²) in [7, 11) is -3.26. The van der Waals surface area contributed by atoms with Crippen molar-refractivity contribution >= 4 is 21.6 Å². The fraction of sp³-hybridized carbons (Fsp3) is 0.381. The molecule has 1 amide bonds. The van der Waals surface area contributed by atoms with E-state index in [2.05, 4.69) is 17.4 Å². The van der Waals surface area contributed by atoms with E-state index in [1.54, 1.807) is 19.1 Å². The number of benzene rings is 2. The predicted octanol–water partition coefficient (Wildman–Crippen LogP) is 3.15. The molecule has 1 aliphatic heterocycles. The lowest BCUT2D eigenvalue weighted by molar-refractivity contribution is 0.0938. The average molecular weight is 387 g/mol. The van der Waals surface area contributed by atoms with Gasteiger partial charge in [0.25, 0.3) is 5.91 Å². The molecular formula is C21H26N2O3S. The van der Waals surface area contributed by atoms with E-state index in [4.69, 9.17) is 0 Å². The van der Waals surface area contributed by atoms with Gasteiger partial charge in [0.05, 0.1) is 11.4 Å². The Morgan fingerprint density at radius 3 is 2.63 bits per heavy atom. The second kappa shape index (κ2) is 8.13. The summed E-state index contributed by atoms with van der Waals surface area (Å²) < 4.78 is 25.8. The lowest BCUT2D eigenvalue weighted by Crippen LogP contribution is -2.33. The molecular weight excluding hydrogens is 360 g/mol. The van der Waals surface area contributed by atoms with Crippen molar-refractivity contribution in [3.63, 3.8) is 0 Å². The Bertz CT molecular complexity index is 910. The number of hydrogen-bond donors (Lipinski definition) is 1. The summed E-state index contributed by atoms with van der Waals surface area (Å²) in [4.78, 5) is 12.6. The maximum absolute atomic E-state index is 12.6. The van der Waals surface area contributed by atoms with E-state index in [-0.39, 0.29) is 17.7 Å². The van der Waals surface area contributed by atoms with Gasteiger partial charge in [-0.3, -0.25) is 9.10 Å². The highest BCUT2D eigenvalue weighted by Crippen LogP contribution is 2.31. The number of fused-ring (bicyclic) bond motifs is 1. The minimum Gasteiger partial charge on any atom is -0.350 e. The maximum Gasteiger partial charge on any atom is 0.251 e. The molecule has 27 heavy (non-hydrogen) atoms. The van der Waals surface area contributed by atoms with Crippen molar-refractivity contribution in [1.82, 2.24) is 5.32 Å². The van der Waals surface area contributed by atoms with Gasteiger partial charge < -0.3 is 5.32 Å². The first-order valence-corrected chi connectivity index (χ1v) is 11.0. The molecule has 0 bridgehead atoms. The normalized spacial score (nSPS) is 14.7. The number of carbonyl (C=O) groups is 1. The molecule has 5 nitrogen and oxygen atoms in total. The standard InChI is InChI=1S/C21H26N2O3S/c1-3-27(25,26)23-14-13-18-15-19(11-12-20(18)23)21(24)22-16(2)9-10-17-7-5-4-6-8-17/h4-8,11-12,15-16H,3,9-10,13-14H2,1-2H3,(H,22,24)/t16-/m1/s1.